The van der Waals surface area contributed by atoms with Crippen LogP contribution in [0.1, 0.15) is 11.1 Å². The highest BCUT2D eigenvalue weighted by Crippen LogP contribution is 2.28. The molecule has 1 aromatic heterocycles. The van der Waals surface area contributed by atoms with E-state index >= 15 is 0 Å². The van der Waals surface area contributed by atoms with E-state index in [9.17, 15) is 10.1 Å². The zero-order valence-corrected chi connectivity index (χ0v) is 10.6. The quantitative estimate of drug-likeness (QED) is 0.652. The number of nitrogen functional groups attached to an aromatic ring is 1. The number of hydrogen-bond acceptors (Lipinski definition) is 6. The zero-order chi connectivity index (χ0) is 14.7. The Balaban J connectivity index is 2.51. The van der Waals surface area contributed by atoms with Crippen molar-refractivity contribution in [2.24, 2.45) is 0 Å². The summed E-state index contributed by atoms with van der Waals surface area (Å²) in [7, 11) is 0. The number of nitrogens with zero attached hydrogens (tertiary/aromatic N) is 3. The van der Waals surface area contributed by atoms with Gasteiger partial charge in [0.05, 0.1) is 16.2 Å². The maximum atomic E-state index is 11.0. The Morgan fingerprint density at radius 3 is 2.80 bits per heavy atom. The first-order valence-electron chi connectivity index (χ1n) is 5.70. The van der Waals surface area contributed by atoms with Crippen LogP contribution in [-0.2, 0) is 0 Å². The third kappa shape index (κ3) is 2.49. The summed E-state index contributed by atoms with van der Waals surface area (Å²) in [6, 6.07) is 9.86. The van der Waals surface area contributed by atoms with Gasteiger partial charge in [-0.05, 0) is 24.6 Å². The van der Waals surface area contributed by atoms with Crippen molar-refractivity contribution in [2.45, 2.75) is 6.92 Å². The van der Waals surface area contributed by atoms with Gasteiger partial charge in [0, 0.05) is 6.07 Å². The average Bonchev–Trinajstić information content (AvgIpc) is 2.38. The number of rotatable bonds is 3. The lowest BCUT2D eigenvalue weighted by Gasteiger charge is -2.09. The van der Waals surface area contributed by atoms with Gasteiger partial charge in [0.15, 0.2) is 0 Å². The van der Waals surface area contributed by atoms with E-state index in [0.717, 1.165) is 5.56 Å². The molecule has 1 aromatic carbocycles. The summed E-state index contributed by atoms with van der Waals surface area (Å²) >= 11 is 0. The number of nitro groups is 1. The second-order valence-corrected chi connectivity index (χ2v) is 4.10. The minimum atomic E-state index is -0.559. The molecule has 0 bridgehead atoms. The van der Waals surface area contributed by atoms with Crippen LogP contribution in [0.2, 0.25) is 0 Å². The van der Waals surface area contributed by atoms with E-state index in [2.05, 4.69) is 16.4 Å². The lowest BCUT2D eigenvalue weighted by atomic mass is 10.1. The van der Waals surface area contributed by atoms with E-state index in [1.165, 1.54) is 12.1 Å². The van der Waals surface area contributed by atoms with Crippen LogP contribution in [0.4, 0.5) is 23.0 Å². The van der Waals surface area contributed by atoms with Crippen LogP contribution >= 0.6 is 0 Å². The van der Waals surface area contributed by atoms with E-state index in [0.29, 0.717) is 11.3 Å². The number of benzene rings is 1. The summed E-state index contributed by atoms with van der Waals surface area (Å²) in [5.74, 6) is 0.168. The van der Waals surface area contributed by atoms with Crippen molar-refractivity contribution in [1.29, 1.82) is 5.26 Å². The predicted molar refractivity (Wildman–Crippen MR) is 74.5 cm³/mol. The molecule has 0 saturated carbocycles. The SMILES string of the molecule is Cc1cccc(Nc2nc(N)ccc2[N+](=O)[O-])c1C#N. The topological polar surface area (TPSA) is 118 Å². The fourth-order valence-corrected chi connectivity index (χ4v) is 1.75. The lowest BCUT2D eigenvalue weighted by Crippen LogP contribution is -2.03. The first kappa shape index (κ1) is 13.3. The summed E-state index contributed by atoms with van der Waals surface area (Å²) in [5, 5.41) is 22.9. The number of nitriles is 1. The number of anilines is 3. The molecule has 0 atom stereocenters. The highest BCUT2D eigenvalue weighted by Gasteiger charge is 2.17. The zero-order valence-electron chi connectivity index (χ0n) is 10.6. The fourth-order valence-electron chi connectivity index (χ4n) is 1.75. The number of aromatic nitrogens is 1. The standard InChI is InChI=1S/C13H11N5O2/c1-8-3-2-4-10(9(8)7-14)16-13-11(18(19)20)5-6-12(15)17-13/h2-6H,1H3,(H3,15,16,17). The Morgan fingerprint density at radius 2 is 2.15 bits per heavy atom. The second kappa shape index (κ2) is 5.24. The number of nitrogens with one attached hydrogen (secondary N) is 1. The first-order chi connectivity index (χ1) is 9.52. The molecular formula is C13H11N5O2. The van der Waals surface area contributed by atoms with Crippen molar-refractivity contribution >= 4 is 23.0 Å². The van der Waals surface area contributed by atoms with Gasteiger partial charge in [0.25, 0.3) is 0 Å². The molecule has 20 heavy (non-hydrogen) atoms. The fraction of sp³-hybridized carbons (Fsp3) is 0.0769. The molecule has 7 heteroatoms. The number of nitrogens with two attached hydrogens (primary N) is 1. The van der Waals surface area contributed by atoms with Crippen LogP contribution < -0.4 is 11.1 Å². The molecule has 0 amide bonds. The largest absolute Gasteiger partial charge is 0.384 e. The molecule has 100 valence electrons. The third-order valence-corrected chi connectivity index (χ3v) is 2.73. The van der Waals surface area contributed by atoms with Gasteiger partial charge in [-0.15, -0.1) is 0 Å². The van der Waals surface area contributed by atoms with Gasteiger partial charge in [-0.2, -0.15) is 5.26 Å². The maximum Gasteiger partial charge on any atom is 0.311 e. The average molecular weight is 269 g/mol. The monoisotopic (exact) mass is 269 g/mol. The summed E-state index contributed by atoms with van der Waals surface area (Å²) < 4.78 is 0. The Bertz CT molecular complexity index is 721. The van der Waals surface area contributed by atoms with Crippen molar-refractivity contribution in [3.63, 3.8) is 0 Å². The minimum absolute atomic E-state index is 0.0112. The van der Waals surface area contributed by atoms with Crippen LogP contribution in [0.25, 0.3) is 0 Å². The number of hydrogen-bond donors (Lipinski definition) is 2. The molecule has 0 aliphatic rings. The number of aryl methyl sites for hydroxylation is 1. The maximum absolute atomic E-state index is 11.0. The van der Waals surface area contributed by atoms with Crippen molar-refractivity contribution < 1.29 is 4.92 Å². The molecule has 0 radical (unpaired) electrons. The Hall–Kier alpha value is -3.14. The van der Waals surface area contributed by atoms with Gasteiger partial charge in [0.1, 0.15) is 11.9 Å². The smallest absolute Gasteiger partial charge is 0.311 e. The van der Waals surface area contributed by atoms with E-state index in [-0.39, 0.29) is 17.3 Å². The van der Waals surface area contributed by atoms with Crippen LogP contribution in [-0.4, -0.2) is 9.91 Å². The molecule has 2 rings (SSSR count). The first-order valence-corrected chi connectivity index (χ1v) is 5.70. The molecule has 7 nitrogen and oxygen atoms in total. The minimum Gasteiger partial charge on any atom is -0.384 e. The van der Waals surface area contributed by atoms with E-state index < -0.39 is 4.92 Å². The molecule has 0 fully saturated rings. The summed E-state index contributed by atoms with van der Waals surface area (Å²) in [5.41, 5.74) is 6.97. The molecule has 3 N–H and O–H groups in total. The Morgan fingerprint density at radius 1 is 1.40 bits per heavy atom. The van der Waals surface area contributed by atoms with E-state index in [1.807, 2.05) is 0 Å². The molecule has 0 saturated heterocycles. The van der Waals surface area contributed by atoms with Crippen molar-refractivity contribution in [2.75, 3.05) is 11.1 Å². The highest BCUT2D eigenvalue weighted by molar-refractivity contribution is 5.72. The van der Waals surface area contributed by atoms with Gasteiger partial charge in [-0.25, -0.2) is 4.98 Å². The van der Waals surface area contributed by atoms with E-state index in [1.54, 1.807) is 25.1 Å². The van der Waals surface area contributed by atoms with Crippen molar-refractivity contribution in [3.05, 3.63) is 51.6 Å². The lowest BCUT2D eigenvalue weighted by molar-refractivity contribution is -0.384. The van der Waals surface area contributed by atoms with Gasteiger partial charge < -0.3 is 11.1 Å². The Kier molecular flexibility index (Phi) is 3.48. The van der Waals surface area contributed by atoms with Crippen molar-refractivity contribution in [1.82, 2.24) is 4.98 Å². The van der Waals surface area contributed by atoms with Crippen LogP contribution in [0, 0.1) is 28.4 Å². The number of pyridine rings is 1. The molecule has 1 heterocycles. The van der Waals surface area contributed by atoms with E-state index in [4.69, 9.17) is 11.0 Å². The van der Waals surface area contributed by atoms with Gasteiger partial charge in [-0.1, -0.05) is 12.1 Å². The normalized spacial score (nSPS) is 9.80. The molecule has 0 aliphatic heterocycles. The molecule has 0 unspecified atom stereocenters. The third-order valence-electron chi connectivity index (χ3n) is 2.73. The van der Waals surface area contributed by atoms with Gasteiger partial charge in [-0.3, -0.25) is 10.1 Å². The molecule has 2 aromatic rings. The van der Waals surface area contributed by atoms with Crippen LogP contribution in [0.5, 0.6) is 0 Å². The van der Waals surface area contributed by atoms with Crippen molar-refractivity contribution in [3.8, 4) is 6.07 Å². The summed E-state index contributed by atoms with van der Waals surface area (Å²) in [6.45, 7) is 1.78. The van der Waals surface area contributed by atoms with Gasteiger partial charge >= 0.3 is 5.69 Å². The van der Waals surface area contributed by atoms with Gasteiger partial charge in [0.2, 0.25) is 5.82 Å². The molecule has 0 aliphatic carbocycles. The molecular weight excluding hydrogens is 258 g/mol. The Labute approximate surface area is 114 Å². The predicted octanol–water partition coefficient (Wildman–Crippen LogP) is 2.50. The van der Waals surface area contributed by atoms with Crippen LogP contribution in [0.3, 0.4) is 0 Å². The molecule has 0 spiro atoms. The van der Waals surface area contributed by atoms with Crippen LogP contribution in [0.15, 0.2) is 30.3 Å². The highest BCUT2D eigenvalue weighted by atomic mass is 16.6. The summed E-state index contributed by atoms with van der Waals surface area (Å²) in [4.78, 5) is 14.3. The summed E-state index contributed by atoms with van der Waals surface area (Å²) in [6.07, 6.45) is 0. The second-order valence-electron chi connectivity index (χ2n) is 4.10.